The molecule has 0 saturated heterocycles. The van der Waals surface area contributed by atoms with Gasteiger partial charge in [-0.25, -0.2) is 4.99 Å². The number of amides is 1. The summed E-state index contributed by atoms with van der Waals surface area (Å²) in [4.78, 5) is 30.6. The Balaban J connectivity index is 1.88. The van der Waals surface area contributed by atoms with Gasteiger partial charge < -0.3 is 25.0 Å². The number of nitrogens with zero attached hydrogens (tertiary/aromatic N) is 3. The maximum atomic E-state index is 11.5. The fraction of sp³-hybridized carbons (Fsp3) is 0.500. The second-order valence-electron chi connectivity index (χ2n) is 6.29. The fourth-order valence-corrected chi connectivity index (χ4v) is 2.52. The minimum absolute atomic E-state index is 0.0518. The smallest absolute Gasteiger partial charge is 0.325 e. The number of unbranched alkanes of at least 4 members (excludes halogenated alkanes) is 1. The van der Waals surface area contributed by atoms with Gasteiger partial charge in [0.2, 0.25) is 5.91 Å². The first kappa shape index (κ1) is 19.6. The summed E-state index contributed by atoms with van der Waals surface area (Å²) in [6.07, 6.45) is 2.11. The van der Waals surface area contributed by atoms with Gasteiger partial charge in [0, 0.05) is 32.6 Å². The van der Waals surface area contributed by atoms with Crippen LogP contribution < -0.4 is 10.5 Å². The van der Waals surface area contributed by atoms with Crippen LogP contribution in [-0.4, -0.2) is 62.0 Å². The van der Waals surface area contributed by atoms with Crippen molar-refractivity contribution in [2.45, 2.75) is 25.8 Å². The highest BCUT2D eigenvalue weighted by Gasteiger charge is 2.20. The zero-order chi connectivity index (χ0) is 19.1. The number of ether oxygens (including phenoxy) is 2. The molecule has 0 saturated carbocycles. The number of esters is 1. The van der Waals surface area contributed by atoms with Crippen molar-refractivity contribution in [2.24, 2.45) is 10.7 Å². The number of aliphatic imine (C=N–C) groups is 1. The average molecular weight is 362 g/mol. The molecular formula is C18H26N4O4. The predicted molar refractivity (Wildman–Crippen MR) is 98.2 cm³/mol. The Hall–Kier alpha value is -2.77. The molecule has 2 N–H and O–H groups in total. The van der Waals surface area contributed by atoms with Crippen molar-refractivity contribution in [3.05, 3.63) is 23.8 Å². The lowest BCUT2D eigenvalue weighted by atomic mass is 10.1. The molecule has 0 aliphatic carbocycles. The van der Waals surface area contributed by atoms with Crippen LogP contribution in [0, 0.1) is 0 Å². The van der Waals surface area contributed by atoms with Gasteiger partial charge in [0.05, 0.1) is 19.4 Å². The molecule has 8 nitrogen and oxygen atoms in total. The number of carbonyl (C=O) groups is 2. The normalized spacial score (nSPS) is 12.9. The Labute approximate surface area is 153 Å². The summed E-state index contributed by atoms with van der Waals surface area (Å²) in [6.45, 7) is 1.06. The number of hydrogen-bond donors (Lipinski definition) is 1. The van der Waals surface area contributed by atoms with E-state index < -0.39 is 0 Å². The van der Waals surface area contributed by atoms with Crippen molar-refractivity contribution in [1.29, 1.82) is 0 Å². The van der Waals surface area contributed by atoms with Crippen LogP contribution in [0.5, 0.6) is 5.75 Å². The van der Waals surface area contributed by atoms with Crippen molar-refractivity contribution in [1.82, 2.24) is 9.80 Å². The quantitative estimate of drug-likeness (QED) is 0.552. The third-order valence-corrected chi connectivity index (χ3v) is 4.07. The Morgan fingerprint density at radius 3 is 2.77 bits per heavy atom. The van der Waals surface area contributed by atoms with Crippen LogP contribution in [-0.2, 0) is 20.9 Å². The van der Waals surface area contributed by atoms with Crippen molar-refractivity contribution >= 4 is 23.5 Å². The van der Waals surface area contributed by atoms with E-state index >= 15 is 0 Å². The molecule has 1 aromatic carbocycles. The zero-order valence-corrected chi connectivity index (χ0v) is 15.5. The molecule has 8 heteroatoms. The third-order valence-electron chi connectivity index (χ3n) is 4.07. The van der Waals surface area contributed by atoms with E-state index in [9.17, 15) is 9.59 Å². The summed E-state index contributed by atoms with van der Waals surface area (Å²) in [7, 11) is 4.85. The molecular weight excluding hydrogens is 336 g/mol. The van der Waals surface area contributed by atoms with E-state index in [4.69, 9.17) is 10.5 Å². The first-order chi connectivity index (χ1) is 12.4. The molecule has 142 valence electrons. The highest BCUT2D eigenvalue weighted by molar-refractivity contribution is 5.87. The van der Waals surface area contributed by atoms with E-state index in [-0.39, 0.29) is 18.4 Å². The van der Waals surface area contributed by atoms with Crippen LogP contribution in [0.25, 0.3) is 0 Å². The lowest BCUT2D eigenvalue weighted by molar-refractivity contribution is -0.141. The van der Waals surface area contributed by atoms with E-state index in [0.29, 0.717) is 25.5 Å². The standard InChI is InChI=1S/C18H26N4O4/c1-21(2)16(23)6-4-5-9-26-14-7-8-15-13(10-14)11-22(18(19)20-15)12-17(24)25-3/h7-8,10H,4-6,9,11-12H2,1-3H3,(H2,19,20). The van der Waals surface area contributed by atoms with Gasteiger partial charge in [0.25, 0.3) is 0 Å². The van der Waals surface area contributed by atoms with Crippen LogP contribution in [0.2, 0.25) is 0 Å². The minimum Gasteiger partial charge on any atom is -0.494 e. The Morgan fingerprint density at radius 1 is 1.31 bits per heavy atom. The number of fused-ring (bicyclic) bond motifs is 1. The molecule has 0 radical (unpaired) electrons. The van der Waals surface area contributed by atoms with Gasteiger partial charge in [-0.1, -0.05) is 0 Å². The maximum absolute atomic E-state index is 11.5. The number of nitrogens with two attached hydrogens (primary N) is 1. The zero-order valence-electron chi connectivity index (χ0n) is 15.5. The molecule has 1 aromatic rings. The van der Waals surface area contributed by atoms with Crippen LogP contribution in [0.3, 0.4) is 0 Å². The van der Waals surface area contributed by atoms with Crippen LogP contribution >= 0.6 is 0 Å². The summed E-state index contributed by atoms with van der Waals surface area (Å²) in [5, 5.41) is 0. The van der Waals surface area contributed by atoms with Crippen molar-refractivity contribution in [3.63, 3.8) is 0 Å². The van der Waals surface area contributed by atoms with Crippen molar-refractivity contribution < 1.29 is 19.1 Å². The number of hydrogen-bond acceptors (Lipinski definition) is 7. The van der Waals surface area contributed by atoms with E-state index in [2.05, 4.69) is 9.73 Å². The van der Waals surface area contributed by atoms with Gasteiger partial charge in [-0.15, -0.1) is 0 Å². The Kier molecular flexibility index (Phi) is 6.82. The number of rotatable bonds is 8. The second kappa shape index (κ2) is 9.07. The molecule has 0 aromatic heterocycles. The first-order valence-electron chi connectivity index (χ1n) is 8.52. The lowest BCUT2D eigenvalue weighted by Crippen LogP contribution is -2.42. The monoisotopic (exact) mass is 362 g/mol. The molecule has 26 heavy (non-hydrogen) atoms. The van der Waals surface area contributed by atoms with E-state index in [1.807, 2.05) is 18.2 Å². The van der Waals surface area contributed by atoms with Gasteiger partial charge in [0.15, 0.2) is 5.96 Å². The van der Waals surface area contributed by atoms with E-state index in [0.717, 1.165) is 29.8 Å². The summed E-state index contributed by atoms with van der Waals surface area (Å²) in [5.41, 5.74) is 7.60. The molecule has 0 fully saturated rings. The first-order valence-corrected chi connectivity index (χ1v) is 8.52. The number of benzene rings is 1. The molecule has 2 rings (SSSR count). The molecule has 1 amide bonds. The van der Waals surface area contributed by atoms with Gasteiger partial charge in [-0.3, -0.25) is 9.59 Å². The molecule has 1 aliphatic rings. The average Bonchev–Trinajstić information content (AvgIpc) is 2.61. The van der Waals surface area contributed by atoms with Crippen molar-refractivity contribution in [2.75, 3.05) is 34.4 Å². The highest BCUT2D eigenvalue weighted by atomic mass is 16.5. The molecule has 0 bridgehead atoms. The number of guanidine groups is 1. The van der Waals surface area contributed by atoms with Crippen molar-refractivity contribution in [3.8, 4) is 5.75 Å². The third kappa shape index (κ3) is 5.37. The molecule has 1 aliphatic heterocycles. The summed E-state index contributed by atoms with van der Waals surface area (Å²) in [5.74, 6) is 0.782. The Morgan fingerprint density at radius 2 is 2.08 bits per heavy atom. The van der Waals surface area contributed by atoms with Gasteiger partial charge in [-0.2, -0.15) is 0 Å². The molecule has 1 heterocycles. The SMILES string of the molecule is COC(=O)CN1Cc2cc(OCCCCC(=O)N(C)C)ccc2N=C1N. The van der Waals surface area contributed by atoms with Gasteiger partial charge in [0.1, 0.15) is 12.3 Å². The summed E-state index contributed by atoms with van der Waals surface area (Å²) < 4.78 is 10.4. The van der Waals surface area contributed by atoms with Gasteiger partial charge in [-0.05, 0) is 31.0 Å². The maximum Gasteiger partial charge on any atom is 0.325 e. The lowest BCUT2D eigenvalue weighted by Gasteiger charge is -2.27. The largest absolute Gasteiger partial charge is 0.494 e. The van der Waals surface area contributed by atoms with Crippen LogP contribution in [0.1, 0.15) is 24.8 Å². The predicted octanol–water partition coefficient (Wildman–Crippen LogP) is 1.26. The minimum atomic E-state index is -0.369. The molecule has 0 unspecified atom stereocenters. The van der Waals surface area contributed by atoms with Gasteiger partial charge >= 0.3 is 5.97 Å². The molecule has 0 spiro atoms. The second-order valence-corrected chi connectivity index (χ2v) is 6.29. The summed E-state index contributed by atoms with van der Waals surface area (Å²) in [6, 6.07) is 5.60. The van der Waals surface area contributed by atoms with E-state index in [1.54, 1.807) is 23.9 Å². The number of methoxy groups -OCH3 is 1. The van der Waals surface area contributed by atoms with E-state index in [1.165, 1.54) is 7.11 Å². The Bertz CT molecular complexity index is 688. The molecule has 0 atom stereocenters. The van der Waals surface area contributed by atoms with Crippen LogP contribution in [0.4, 0.5) is 5.69 Å². The topological polar surface area (TPSA) is 97.5 Å². The summed E-state index contributed by atoms with van der Waals surface area (Å²) >= 11 is 0. The fourth-order valence-electron chi connectivity index (χ4n) is 2.52. The number of carbonyl (C=O) groups excluding carboxylic acids is 2. The van der Waals surface area contributed by atoms with Crippen LogP contribution in [0.15, 0.2) is 23.2 Å². The highest BCUT2D eigenvalue weighted by Crippen LogP contribution is 2.29.